The molecule has 0 unspecified atom stereocenters. The first-order valence-corrected chi connectivity index (χ1v) is 7.44. The second-order valence-electron chi connectivity index (χ2n) is 4.96. The molecule has 0 radical (unpaired) electrons. The van der Waals surface area contributed by atoms with Crippen LogP contribution in [0.2, 0.25) is 0 Å². The number of nitrogens with zero attached hydrogens (tertiary/aromatic N) is 2. The molecule has 0 atom stereocenters. The minimum absolute atomic E-state index is 0.00738. The SMILES string of the molecule is CC(C)N(C(=O)CSc1ccnc(C(=O)O)c1)C(C)C. The van der Waals surface area contributed by atoms with E-state index in [1.165, 1.54) is 24.0 Å². The zero-order valence-corrected chi connectivity index (χ0v) is 13.0. The fraction of sp³-hybridized carbons (Fsp3) is 0.500. The van der Waals surface area contributed by atoms with E-state index in [1.807, 2.05) is 32.6 Å². The van der Waals surface area contributed by atoms with Crippen molar-refractivity contribution in [3.05, 3.63) is 24.0 Å². The summed E-state index contributed by atoms with van der Waals surface area (Å²) in [6.07, 6.45) is 1.44. The van der Waals surface area contributed by atoms with Crippen LogP contribution in [0.4, 0.5) is 0 Å². The number of hydrogen-bond donors (Lipinski definition) is 1. The van der Waals surface area contributed by atoms with E-state index in [0.29, 0.717) is 5.75 Å². The van der Waals surface area contributed by atoms with Crippen molar-refractivity contribution in [1.82, 2.24) is 9.88 Å². The summed E-state index contributed by atoms with van der Waals surface area (Å²) < 4.78 is 0. The highest BCUT2D eigenvalue weighted by molar-refractivity contribution is 8.00. The third-order valence-electron chi connectivity index (χ3n) is 2.71. The fourth-order valence-corrected chi connectivity index (χ4v) is 2.80. The summed E-state index contributed by atoms with van der Waals surface area (Å²) in [7, 11) is 0. The van der Waals surface area contributed by atoms with E-state index in [4.69, 9.17) is 5.11 Å². The van der Waals surface area contributed by atoms with Crippen LogP contribution in [0.25, 0.3) is 0 Å². The average molecular weight is 296 g/mol. The molecule has 0 aliphatic carbocycles. The fourth-order valence-electron chi connectivity index (χ4n) is 2.01. The van der Waals surface area contributed by atoms with E-state index in [1.54, 1.807) is 6.07 Å². The molecule has 0 aliphatic heterocycles. The lowest BCUT2D eigenvalue weighted by Crippen LogP contribution is -2.43. The first-order valence-electron chi connectivity index (χ1n) is 6.46. The first-order chi connectivity index (χ1) is 9.32. The van der Waals surface area contributed by atoms with E-state index < -0.39 is 5.97 Å². The summed E-state index contributed by atoms with van der Waals surface area (Å²) in [5, 5.41) is 8.87. The Morgan fingerprint density at radius 1 is 1.30 bits per heavy atom. The van der Waals surface area contributed by atoms with Crippen molar-refractivity contribution < 1.29 is 14.7 Å². The van der Waals surface area contributed by atoms with Crippen molar-refractivity contribution in [2.24, 2.45) is 0 Å². The number of thioether (sulfide) groups is 1. The Morgan fingerprint density at radius 2 is 1.90 bits per heavy atom. The number of rotatable bonds is 6. The molecule has 1 heterocycles. The van der Waals surface area contributed by atoms with Gasteiger partial charge in [-0.1, -0.05) is 0 Å². The number of carboxylic acids is 1. The summed E-state index contributed by atoms with van der Waals surface area (Å²) in [5.74, 6) is -0.724. The number of aromatic carboxylic acids is 1. The monoisotopic (exact) mass is 296 g/mol. The molecule has 1 rings (SSSR count). The summed E-state index contributed by atoms with van der Waals surface area (Å²) in [6.45, 7) is 7.93. The lowest BCUT2D eigenvalue weighted by molar-refractivity contribution is -0.131. The molecule has 20 heavy (non-hydrogen) atoms. The van der Waals surface area contributed by atoms with Crippen LogP contribution in [0.5, 0.6) is 0 Å². The van der Waals surface area contributed by atoms with Crippen LogP contribution in [0.1, 0.15) is 38.2 Å². The maximum Gasteiger partial charge on any atom is 0.354 e. The molecular formula is C14H20N2O3S. The highest BCUT2D eigenvalue weighted by atomic mass is 32.2. The van der Waals surface area contributed by atoms with Crippen molar-refractivity contribution in [2.75, 3.05) is 5.75 Å². The van der Waals surface area contributed by atoms with Crippen molar-refractivity contribution >= 4 is 23.6 Å². The number of carboxylic acid groups (broad SMARTS) is 1. The zero-order valence-electron chi connectivity index (χ0n) is 12.2. The second kappa shape index (κ2) is 7.28. The van der Waals surface area contributed by atoms with Gasteiger partial charge in [0, 0.05) is 23.2 Å². The molecule has 5 nitrogen and oxygen atoms in total. The third kappa shape index (κ3) is 4.52. The minimum Gasteiger partial charge on any atom is -0.477 e. The van der Waals surface area contributed by atoms with Gasteiger partial charge < -0.3 is 10.0 Å². The highest BCUT2D eigenvalue weighted by Gasteiger charge is 2.20. The van der Waals surface area contributed by atoms with E-state index in [2.05, 4.69) is 4.98 Å². The molecule has 1 aromatic rings. The molecule has 1 amide bonds. The standard InChI is InChI=1S/C14H20N2O3S/c1-9(2)16(10(3)4)13(17)8-20-11-5-6-15-12(7-11)14(18)19/h5-7,9-10H,8H2,1-4H3,(H,18,19). The number of carbonyl (C=O) groups is 2. The Kier molecular flexibility index (Phi) is 6.01. The Hall–Kier alpha value is -1.56. The van der Waals surface area contributed by atoms with Gasteiger partial charge in [0.25, 0.3) is 0 Å². The molecule has 0 aromatic carbocycles. The van der Waals surface area contributed by atoms with Crippen molar-refractivity contribution in [2.45, 2.75) is 44.7 Å². The van der Waals surface area contributed by atoms with Gasteiger partial charge >= 0.3 is 5.97 Å². The van der Waals surface area contributed by atoms with Gasteiger partial charge in [0.2, 0.25) is 5.91 Å². The van der Waals surface area contributed by atoms with Gasteiger partial charge in [0.15, 0.2) is 0 Å². The Balaban J connectivity index is 2.69. The quantitative estimate of drug-likeness (QED) is 0.817. The van der Waals surface area contributed by atoms with Crippen molar-refractivity contribution in [3.8, 4) is 0 Å². The molecule has 6 heteroatoms. The summed E-state index contributed by atoms with van der Waals surface area (Å²) in [5.41, 5.74) is -0.00738. The van der Waals surface area contributed by atoms with E-state index in [-0.39, 0.29) is 23.7 Å². The first kappa shape index (κ1) is 16.5. The molecule has 0 saturated heterocycles. The number of amides is 1. The van der Waals surface area contributed by atoms with Crippen LogP contribution in [-0.4, -0.2) is 44.7 Å². The number of pyridine rings is 1. The molecule has 0 aliphatic rings. The van der Waals surface area contributed by atoms with Crippen LogP contribution in [0.15, 0.2) is 23.2 Å². The van der Waals surface area contributed by atoms with Gasteiger partial charge in [-0.15, -0.1) is 11.8 Å². The average Bonchev–Trinajstić information content (AvgIpc) is 2.35. The molecule has 1 aromatic heterocycles. The maximum absolute atomic E-state index is 12.2. The van der Waals surface area contributed by atoms with Crippen molar-refractivity contribution in [1.29, 1.82) is 0 Å². The highest BCUT2D eigenvalue weighted by Crippen LogP contribution is 2.19. The normalized spacial score (nSPS) is 10.9. The van der Waals surface area contributed by atoms with Crippen LogP contribution in [-0.2, 0) is 4.79 Å². The number of aromatic nitrogens is 1. The van der Waals surface area contributed by atoms with Gasteiger partial charge in [-0.25, -0.2) is 9.78 Å². The van der Waals surface area contributed by atoms with E-state index in [9.17, 15) is 9.59 Å². The predicted octanol–water partition coefficient (Wildman–Crippen LogP) is 2.52. The molecule has 110 valence electrons. The van der Waals surface area contributed by atoms with E-state index >= 15 is 0 Å². The van der Waals surface area contributed by atoms with Gasteiger partial charge in [0.05, 0.1) is 5.75 Å². The van der Waals surface area contributed by atoms with E-state index in [0.717, 1.165) is 4.90 Å². The van der Waals surface area contributed by atoms with Crippen LogP contribution in [0, 0.1) is 0 Å². The van der Waals surface area contributed by atoms with Crippen LogP contribution < -0.4 is 0 Å². The predicted molar refractivity (Wildman–Crippen MR) is 79.0 cm³/mol. The van der Waals surface area contributed by atoms with Gasteiger partial charge in [-0.3, -0.25) is 4.79 Å². The Morgan fingerprint density at radius 3 is 2.40 bits per heavy atom. The molecule has 0 spiro atoms. The van der Waals surface area contributed by atoms with Gasteiger partial charge in [-0.2, -0.15) is 0 Å². The molecular weight excluding hydrogens is 276 g/mol. The zero-order chi connectivity index (χ0) is 15.3. The van der Waals surface area contributed by atoms with Gasteiger partial charge in [0.1, 0.15) is 5.69 Å². The second-order valence-corrected chi connectivity index (χ2v) is 6.01. The van der Waals surface area contributed by atoms with Crippen LogP contribution >= 0.6 is 11.8 Å². The lowest BCUT2D eigenvalue weighted by Gasteiger charge is -2.30. The Labute approximate surface area is 123 Å². The largest absolute Gasteiger partial charge is 0.477 e. The van der Waals surface area contributed by atoms with Gasteiger partial charge in [-0.05, 0) is 39.8 Å². The molecule has 0 saturated carbocycles. The third-order valence-corrected chi connectivity index (χ3v) is 3.69. The lowest BCUT2D eigenvalue weighted by atomic mass is 10.2. The molecule has 0 fully saturated rings. The topological polar surface area (TPSA) is 70.5 Å². The van der Waals surface area contributed by atoms with Crippen molar-refractivity contribution in [3.63, 3.8) is 0 Å². The molecule has 1 N–H and O–H groups in total. The van der Waals surface area contributed by atoms with Crippen LogP contribution in [0.3, 0.4) is 0 Å². The summed E-state index contributed by atoms with van der Waals surface area (Å²) >= 11 is 1.33. The summed E-state index contributed by atoms with van der Waals surface area (Å²) in [4.78, 5) is 29.3. The Bertz CT molecular complexity index is 481. The smallest absolute Gasteiger partial charge is 0.354 e. The minimum atomic E-state index is -1.07. The number of carbonyl (C=O) groups excluding carboxylic acids is 1. The maximum atomic E-state index is 12.2. The molecule has 0 bridgehead atoms. The number of hydrogen-bond acceptors (Lipinski definition) is 4. The summed E-state index contributed by atoms with van der Waals surface area (Å²) in [6, 6.07) is 3.49.